The first kappa shape index (κ1) is 12.8. The third-order valence-corrected chi connectivity index (χ3v) is 3.39. The van der Waals surface area contributed by atoms with E-state index >= 15 is 0 Å². The minimum atomic E-state index is -0.551. The Morgan fingerprint density at radius 1 is 1.22 bits per heavy atom. The fourth-order valence-electron chi connectivity index (χ4n) is 2.51. The number of hydrogen-bond acceptors (Lipinski definition) is 2. The zero-order chi connectivity index (χ0) is 13.3. The molecule has 1 atom stereocenters. The van der Waals surface area contributed by atoms with Gasteiger partial charge < -0.3 is 9.67 Å². The van der Waals surface area contributed by atoms with Gasteiger partial charge in [-0.1, -0.05) is 17.7 Å². The third-order valence-electron chi connectivity index (χ3n) is 3.39. The van der Waals surface area contributed by atoms with Gasteiger partial charge in [0, 0.05) is 25.9 Å². The SMILES string of the molecule is Cc1cc(C)c(CC(O)c2nccn2C)c(C)c1. The van der Waals surface area contributed by atoms with E-state index in [-0.39, 0.29) is 0 Å². The molecule has 0 aliphatic rings. The first-order valence-corrected chi connectivity index (χ1v) is 6.21. The molecule has 3 heteroatoms. The van der Waals surface area contributed by atoms with E-state index in [2.05, 4.69) is 37.9 Å². The Labute approximate surface area is 108 Å². The van der Waals surface area contributed by atoms with Crippen LogP contribution in [0.3, 0.4) is 0 Å². The monoisotopic (exact) mass is 244 g/mol. The first-order valence-electron chi connectivity index (χ1n) is 6.21. The van der Waals surface area contributed by atoms with Crippen molar-refractivity contribution in [2.75, 3.05) is 0 Å². The molecule has 1 heterocycles. The lowest BCUT2D eigenvalue weighted by Crippen LogP contribution is -2.10. The van der Waals surface area contributed by atoms with Crippen LogP contribution >= 0.6 is 0 Å². The predicted molar refractivity (Wildman–Crippen MR) is 72.5 cm³/mol. The maximum Gasteiger partial charge on any atom is 0.137 e. The maximum absolute atomic E-state index is 10.3. The molecule has 0 bridgehead atoms. The van der Waals surface area contributed by atoms with Crippen LogP contribution in [-0.2, 0) is 13.5 Å². The molecule has 0 saturated carbocycles. The summed E-state index contributed by atoms with van der Waals surface area (Å²) in [5.74, 6) is 0.717. The average Bonchev–Trinajstić information content (AvgIpc) is 2.69. The molecule has 0 aliphatic carbocycles. The summed E-state index contributed by atoms with van der Waals surface area (Å²) < 4.78 is 1.86. The van der Waals surface area contributed by atoms with Crippen LogP contribution in [0.1, 0.15) is 34.2 Å². The Bertz CT molecular complexity index is 534. The molecule has 1 aromatic heterocycles. The van der Waals surface area contributed by atoms with Crippen molar-refractivity contribution in [2.45, 2.75) is 33.3 Å². The van der Waals surface area contributed by atoms with Crippen LogP contribution in [0, 0.1) is 20.8 Å². The standard InChI is InChI=1S/C15H20N2O/c1-10-7-11(2)13(12(3)8-10)9-14(18)15-16-5-6-17(15)4/h5-8,14,18H,9H2,1-4H3. The Kier molecular flexibility index (Phi) is 3.53. The number of imidazole rings is 1. The van der Waals surface area contributed by atoms with Crippen molar-refractivity contribution >= 4 is 0 Å². The number of aliphatic hydroxyl groups excluding tert-OH is 1. The molecule has 1 unspecified atom stereocenters. The quantitative estimate of drug-likeness (QED) is 0.901. The summed E-state index contributed by atoms with van der Waals surface area (Å²) in [5, 5.41) is 10.3. The van der Waals surface area contributed by atoms with Crippen molar-refractivity contribution < 1.29 is 5.11 Å². The largest absolute Gasteiger partial charge is 0.385 e. The molecule has 0 aliphatic heterocycles. The molecule has 1 aromatic carbocycles. The van der Waals surface area contributed by atoms with Gasteiger partial charge in [0.25, 0.3) is 0 Å². The topological polar surface area (TPSA) is 38.1 Å². The molecular weight excluding hydrogens is 224 g/mol. The fourth-order valence-corrected chi connectivity index (χ4v) is 2.51. The first-order chi connectivity index (χ1) is 8.49. The highest BCUT2D eigenvalue weighted by atomic mass is 16.3. The molecule has 3 nitrogen and oxygen atoms in total. The lowest BCUT2D eigenvalue weighted by atomic mass is 9.95. The van der Waals surface area contributed by atoms with Gasteiger partial charge in [0.1, 0.15) is 11.9 Å². The van der Waals surface area contributed by atoms with E-state index in [1.54, 1.807) is 6.20 Å². The predicted octanol–water partition coefficient (Wildman–Crippen LogP) is 2.62. The second-order valence-electron chi connectivity index (χ2n) is 4.99. The number of nitrogens with zero attached hydrogens (tertiary/aromatic N) is 2. The molecule has 0 amide bonds. The van der Waals surface area contributed by atoms with Crippen LogP contribution in [0.2, 0.25) is 0 Å². The summed E-state index contributed by atoms with van der Waals surface area (Å²) >= 11 is 0. The summed E-state index contributed by atoms with van der Waals surface area (Å²) in [6.45, 7) is 6.29. The minimum Gasteiger partial charge on any atom is -0.385 e. The van der Waals surface area contributed by atoms with E-state index in [1.807, 2.05) is 17.8 Å². The Morgan fingerprint density at radius 3 is 2.33 bits per heavy atom. The number of aryl methyl sites for hydroxylation is 4. The number of aromatic nitrogens is 2. The summed E-state index contributed by atoms with van der Waals surface area (Å²) in [5.41, 5.74) is 4.96. The van der Waals surface area contributed by atoms with E-state index < -0.39 is 6.10 Å². The van der Waals surface area contributed by atoms with Gasteiger partial charge in [0.05, 0.1) is 0 Å². The zero-order valence-electron chi connectivity index (χ0n) is 11.4. The number of aliphatic hydroxyl groups is 1. The summed E-state index contributed by atoms with van der Waals surface area (Å²) in [6, 6.07) is 4.32. The Morgan fingerprint density at radius 2 is 1.83 bits per heavy atom. The number of benzene rings is 1. The van der Waals surface area contributed by atoms with Crippen molar-refractivity contribution in [1.82, 2.24) is 9.55 Å². The van der Waals surface area contributed by atoms with Gasteiger partial charge in [0.15, 0.2) is 0 Å². The lowest BCUT2D eigenvalue weighted by molar-refractivity contribution is 0.164. The van der Waals surface area contributed by atoms with Gasteiger partial charge in [-0.3, -0.25) is 0 Å². The maximum atomic E-state index is 10.3. The van der Waals surface area contributed by atoms with Crippen molar-refractivity contribution in [3.05, 3.63) is 52.6 Å². The molecule has 0 fully saturated rings. The minimum absolute atomic E-state index is 0.551. The van der Waals surface area contributed by atoms with Crippen molar-refractivity contribution in [3.63, 3.8) is 0 Å². The van der Waals surface area contributed by atoms with Gasteiger partial charge >= 0.3 is 0 Å². The van der Waals surface area contributed by atoms with Crippen LogP contribution in [0.15, 0.2) is 24.5 Å². The second kappa shape index (κ2) is 4.94. The Hall–Kier alpha value is -1.61. The van der Waals surface area contributed by atoms with Crippen molar-refractivity contribution in [3.8, 4) is 0 Å². The smallest absolute Gasteiger partial charge is 0.137 e. The second-order valence-corrected chi connectivity index (χ2v) is 4.99. The number of rotatable bonds is 3. The van der Waals surface area contributed by atoms with Crippen LogP contribution < -0.4 is 0 Å². The van der Waals surface area contributed by atoms with E-state index in [4.69, 9.17) is 0 Å². The van der Waals surface area contributed by atoms with Crippen LogP contribution in [0.4, 0.5) is 0 Å². The molecule has 0 saturated heterocycles. The van der Waals surface area contributed by atoms with Crippen LogP contribution in [-0.4, -0.2) is 14.7 Å². The van der Waals surface area contributed by atoms with E-state index in [0.717, 1.165) is 5.82 Å². The van der Waals surface area contributed by atoms with Gasteiger partial charge in [-0.25, -0.2) is 4.98 Å². The van der Waals surface area contributed by atoms with Crippen molar-refractivity contribution in [2.24, 2.45) is 7.05 Å². The number of hydrogen-bond donors (Lipinski definition) is 1. The third kappa shape index (κ3) is 2.46. The molecule has 96 valence electrons. The van der Waals surface area contributed by atoms with Crippen LogP contribution in [0.25, 0.3) is 0 Å². The summed E-state index contributed by atoms with van der Waals surface area (Å²) in [6.07, 6.45) is 3.63. The van der Waals surface area contributed by atoms with Gasteiger partial charge in [0.2, 0.25) is 0 Å². The fraction of sp³-hybridized carbons (Fsp3) is 0.400. The molecule has 0 radical (unpaired) electrons. The molecule has 2 rings (SSSR count). The molecular formula is C15H20N2O. The normalized spacial score (nSPS) is 12.7. The summed E-state index contributed by atoms with van der Waals surface area (Å²) in [4.78, 5) is 4.20. The zero-order valence-corrected chi connectivity index (χ0v) is 11.4. The molecule has 1 N–H and O–H groups in total. The van der Waals surface area contributed by atoms with E-state index in [0.29, 0.717) is 6.42 Å². The lowest BCUT2D eigenvalue weighted by Gasteiger charge is -2.15. The summed E-state index contributed by atoms with van der Waals surface area (Å²) in [7, 11) is 1.90. The highest BCUT2D eigenvalue weighted by molar-refractivity contribution is 5.38. The molecule has 2 aromatic rings. The molecule has 0 spiro atoms. The molecule has 18 heavy (non-hydrogen) atoms. The van der Waals surface area contributed by atoms with Gasteiger partial charge in [-0.2, -0.15) is 0 Å². The van der Waals surface area contributed by atoms with Crippen LogP contribution in [0.5, 0.6) is 0 Å². The van der Waals surface area contributed by atoms with Crippen molar-refractivity contribution in [1.29, 1.82) is 0 Å². The van der Waals surface area contributed by atoms with E-state index in [1.165, 1.54) is 22.3 Å². The Balaban J connectivity index is 2.27. The average molecular weight is 244 g/mol. The van der Waals surface area contributed by atoms with E-state index in [9.17, 15) is 5.11 Å². The highest BCUT2D eigenvalue weighted by Crippen LogP contribution is 2.23. The van der Waals surface area contributed by atoms with Gasteiger partial charge in [-0.05, 0) is 37.5 Å². The highest BCUT2D eigenvalue weighted by Gasteiger charge is 2.15. The van der Waals surface area contributed by atoms with Gasteiger partial charge in [-0.15, -0.1) is 0 Å².